The molecule has 34 heavy (non-hydrogen) atoms. The van der Waals surface area contributed by atoms with Crippen molar-refractivity contribution in [2.75, 3.05) is 14.1 Å². The molecule has 0 atom stereocenters. The highest BCUT2D eigenvalue weighted by atomic mass is 16.5. The lowest BCUT2D eigenvalue weighted by atomic mass is 9.84. The Labute approximate surface area is 200 Å². The van der Waals surface area contributed by atoms with Crippen LogP contribution in [-0.2, 0) is 6.61 Å². The first-order valence-corrected chi connectivity index (χ1v) is 12.0. The van der Waals surface area contributed by atoms with Gasteiger partial charge < -0.3 is 9.64 Å². The standard InChI is InChI=1S/C28H30N4O2/c1-31(2)28(33)25-18-30-32-26(22-11-7-4-8-12-22)24(17-29-27(25)32)21-13-15-23(16-14-21)34-19-20-9-5-3-6-10-20/h3,5-6,9-10,13-18,22H,4,7-8,11-12,19H2,1-2H3. The van der Waals surface area contributed by atoms with Gasteiger partial charge in [0.15, 0.2) is 5.65 Å². The summed E-state index contributed by atoms with van der Waals surface area (Å²) in [5, 5.41) is 4.65. The Bertz CT molecular complexity index is 1270. The van der Waals surface area contributed by atoms with Gasteiger partial charge in [-0.25, -0.2) is 9.50 Å². The molecular formula is C28H30N4O2. The number of benzene rings is 2. The lowest BCUT2D eigenvalue weighted by Crippen LogP contribution is -2.22. The maximum atomic E-state index is 12.7. The summed E-state index contributed by atoms with van der Waals surface area (Å²) < 4.78 is 7.88. The van der Waals surface area contributed by atoms with E-state index in [-0.39, 0.29) is 5.91 Å². The van der Waals surface area contributed by atoms with E-state index in [4.69, 9.17) is 9.72 Å². The minimum Gasteiger partial charge on any atom is -0.489 e. The summed E-state index contributed by atoms with van der Waals surface area (Å²) in [5.74, 6) is 1.15. The first-order valence-electron chi connectivity index (χ1n) is 12.0. The molecule has 1 fully saturated rings. The van der Waals surface area contributed by atoms with Crippen molar-refractivity contribution in [3.8, 4) is 16.9 Å². The molecule has 0 bridgehead atoms. The average molecular weight is 455 g/mol. The number of hydrogen-bond acceptors (Lipinski definition) is 4. The van der Waals surface area contributed by atoms with Gasteiger partial charge in [-0.05, 0) is 36.1 Å². The van der Waals surface area contributed by atoms with Gasteiger partial charge >= 0.3 is 0 Å². The van der Waals surface area contributed by atoms with Crippen LogP contribution in [0.5, 0.6) is 5.75 Å². The quantitative estimate of drug-likeness (QED) is 0.374. The number of carbonyl (C=O) groups is 1. The molecule has 0 radical (unpaired) electrons. The molecule has 6 heteroatoms. The minimum absolute atomic E-state index is 0.0789. The smallest absolute Gasteiger partial charge is 0.258 e. The Morgan fingerprint density at radius 1 is 1.00 bits per heavy atom. The van der Waals surface area contributed by atoms with E-state index in [0.717, 1.165) is 41.0 Å². The second kappa shape index (κ2) is 9.67. The van der Waals surface area contributed by atoms with Gasteiger partial charge in [-0.2, -0.15) is 5.10 Å². The van der Waals surface area contributed by atoms with Crippen LogP contribution in [0.15, 0.2) is 67.0 Å². The van der Waals surface area contributed by atoms with E-state index in [1.807, 2.05) is 41.0 Å². The van der Waals surface area contributed by atoms with Crippen molar-refractivity contribution in [3.63, 3.8) is 0 Å². The molecule has 174 valence electrons. The fourth-order valence-corrected chi connectivity index (χ4v) is 4.80. The van der Waals surface area contributed by atoms with Gasteiger partial charge in [-0.15, -0.1) is 0 Å². The predicted molar refractivity (Wildman–Crippen MR) is 133 cm³/mol. The van der Waals surface area contributed by atoms with Crippen LogP contribution in [0.4, 0.5) is 0 Å². The largest absolute Gasteiger partial charge is 0.489 e. The molecule has 0 saturated heterocycles. The number of ether oxygens (including phenoxy) is 1. The molecule has 1 saturated carbocycles. The summed E-state index contributed by atoms with van der Waals surface area (Å²) in [4.78, 5) is 18.9. The van der Waals surface area contributed by atoms with Crippen LogP contribution >= 0.6 is 0 Å². The van der Waals surface area contributed by atoms with E-state index < -0.39 is 0 Å². The van der Waals surface area contributed by atoms with Crippen molar-refractivity contribution < 1.29 is 9.53 Å². The van der Waals surface area contributed by atoms with Crippen molar-refractivity contribution in [2.45, 2.75) is 44.6 Å². The first kappa shape index (κ1) is 22.1. The van der Waals surface area contributed by atoms with Crippen molar-refractivity contribution in [3.05, 3.63) is 83.8 Å². The van der Waals surface area contributed by atoms with Crippen LogP contribution in [-0.4, -0.2) is 39.5 Å². The molecule has 2 aromatic heterocycles. The van der Waals surface area contributed by atoms with Gasteiger partial charge in [0.05, 0.1) is 11.9 Å². The van der Waals surface area contributed by atoms with Gasteiger partial charge in [-0.3, -0.25) is 4.79 Å². The molecule has 0 spiro atoms. The van der Waals surface area contributed by atoms with Gasteiger partial charge in [-0.1, -0.05) is 61.7 Å². The molecule has 1 amide bonds. The second-order valence-corrected chi connectivity index (χ2v) is 9.18. The molecule has 1 aliphatic carbocycles. The van der Waals surface area contributed by atoms with Gasteiger partial charge in [0.25, 0.3) is 5.91 Å². The zero-order valence-electron chi connectivity index (χ0n) is 19.8. The molecule has 6 nitrogen and oxygen atoms in total. The third-order valence-electron chi connectivity index (χ3n) is 6.61. The number of hydrogen-bond donors (Lipinski definition) is 0. The van der Waals surface area contributed by atoms with Gasteiger partial charge in [0.2, 0.25) is 0 Å². The van der Waals surface area contributed by atoms with Crippen LogP contribution in [0.1, 0.15) is 59.6 Å². The van der Waals surface area contributed by atoms with Crippen molar-refractivity contribution in [1.82, 2.24) is 19.5 Å². The SMILES string of the molecule is CN(C)C(=O)c1cnn2c(C3CCCCC3)c(-c3ccc(OCc4ccccc4)cc3)cnc12. The normalized spacial score (nSPS) is 14.3. The van der Waals surface area contributed by atoms with Gasteiger partial charge in [0, 0.05) is 31.8 Å². The minimum atomic E-state index is -0.0789. The van der Waals surface area contributed by atoms with E-state index in [1.165, 1.54) is 19.3 Å². The monoisotopic (exact) mass is 454 g/mol. The fourth-order valence-electron chi connectivity index (χ4n) is 4.80. The molecule has 0 unspecified atom stereocenters. The number of amides is 1. The maximum Gasteiger partial charge on any atom is 0.258 e. The maximum absolute atomic E-state index is 12.7. The summed E-state index contributed by atoms with van der Waals surface area (Å²) in [6, 6.07) is 18.4. The molecule has 0 aliphatic heterocycles. The summed E-state index contributed by atoms with van der Waals surface area (Å²) >= 11 is 0. The molecule has 5 rings (SSSR count). The third-order valence-corrected chi connectivity index (χ3v) is 6.61. The summed E-state index contributed by atoms with van der Waals surface area (Å²) in [5.41, 5.74) is 5.62. The van der Waals surface area contributed by atoms with Crippen molar-refractivity contribution in [1.29, 1.82) is 0 Å². The van der Waals surface area contributed by atoms with Crippen LogP contribution in [0.2, 0.25) is 0 Å². The van der Waals surface area contributed by atoms with E-state index in [1.54, 1.807) is 25.2 Å². The fraction of sp³-hybridized carbons (Fsp3) is 0.321. The van der Waals surface area contributed by atoms with Gasteiger partial charge in [0.1, 0.15) is 17.9 Å². The van der Waals surface area contributed by atoms with E-state index in [9.17, 15) is 4.79 Å². The van der Waals surface area contributed by atoms with E-state index in [0.29, 0.717) is 23.7 Å². The molecule has 0 N–H and O–H groups in total. The van der Waals surface area contributed by atoms with E-state index in [2.05, 4.69) is 29.4 Å². The number of aromatic nitrogens is 3. The lowest BCUT2D eigenvalue weighted by Gasteiger charge is -2.25. The Balaban J connectivity index is 1.50. The summed E-state index contributed by atoms with van der Waals surface area (Å²) in [6.45, 7) is 0.539. The van der Waals surface area contributed by atoms with Crippen molar-refractivity contribution in [2.24, 2.45) is 0 Å². The van der Waals surface area contributed by atoms with Crippen LogP contribution in [0, 0.1) is 0 Å². The Morgan fingerprint density at radius 2 is 1.74 bits per heavy atom. The molecule has 4 aromatic rings. The predicted octanol–water partition coefficient (Wildman–Crippen LogP) is 5.72. The zero-order valence-corrected chi connectivity index (χ0v) is 19.8. The number of fused-ring (bicyclic) bond motifs is 1. The van der Waals surface area contributed by atoms with Crippen molar-refractivity contribution >= 4 is 11.6 Å². The Kier molecular flexibility index (Phi) is 6.30. The number of rotatable bonds is 6. The highest BCUT2D eigenvalue weighted by Crippen LogP contribution is 2.38. The highest BCUT2D eigenvalue weighted by Gasteiger charge is 2.26. The average Bonchev–Trinajstić information content (AvgIpc) is 3.32. The van der Waals surface area contributed by atoms with Crippen LogP contribution < -0.4 is 4.74 Å². The molecular weight excluding hydrogens is 424 g/mol. The molecule has 1 aliphatic rings. The number of nitrogens with zero attached hydrogens (tertiary/aromatic N) is 4. The molecule has 2 heterocycles. The first-order chi connectivity index (χ1) is 16.6. The second-order valence-electron chi connectivity index (χ2n) is 9.18. The molecule has 2 aromatic carbocycles. The highest BCUT2D eigenvalue weighted by molar-refractivity contribution is 5.99. The van der Waals surface area contributed by atoms with Crippen LogP contribution in [0.3, 0.4) is 0 Å². The van der Waals surface area contributed by atoms with E-state index >= 15 is 0 Å². The third kappa shape index (κ3) is 4.40. The Morgan fingerprint density at radius 3 is 2.44 bits per heavy atom. The zero-order chi connectivity index (χ0) is 23.5. The summed E-state index contributed by atoms with van der Waals surface area (Å²) in [7, 11) is 3.51. The number of carbonyl (C=O) groups excluding carboxylic acids is 1. The summed E-state index contributed by atoms with van der Waals surface area (Å²) in [6.07, 6.45) is 9.52. The Hall–Kier alpha value is -3.67. The van der Waals surface area contributed by atoms with Crippen LogP contribution in [0.25, 0.3) is 16.8 Å². The topological polar surface area (TPSA) is 59.7 Å². The lowest BCUT2D eigenvalue weighted by molar-refractivity contribution is 0.0829.